The Balaban J connectivity index is 2.08. The number of hydrogen-bond acceptors (Lipinski definition) is 3. The fourth-order valence-electron chi connectivity index (χ4n) is 2.71. The molecule has 2 N–H and O–H groups in total. The number of hydrogen-bond donors (Lipinski definition) is 1. The van der Waals surface area contributed by atoms with E-state index in [0.717, 1.165) is 25.7 Å². The molecule has 0 aromatic heterocycles. The molecule has 1 saturated carbocycles. The van der Waals surface area contributed by atoms with Gasteiger partial charge in [0.1, 0.15) is 0 Å². The van der Waals surface area contributed by atoms with Gasteiger partial charge < -0.3 is 5.73 Å². The lowest BCUT2D eigenvalue weighted by Crippen LogP contribution is -2.38. The quantitative estimate of drug-likeness (QED) is 0.930. The molecule has 5 heteroatoms. The van der Waals surface area contributed by atoms with Gasteiger partial charge in [-0.2, -0.15) is 0 Å². The molecule has 0 saturated heterocycles. The van der Waals surface area contributed by atoms with E-state index in [1.54, 1.807) is 18.2 Å². The van der Waals surface area contributed by atoms with Crippen LogP contribution in [0.4, 0.5) is 0 Å². The van der Waals surface area contributed by atoms with E-state index in [1.165, 1.54) is 12.5 Å². The molecule has 1 aliphatic carbocycles. The summed E-state index contributed by atoms with van der Waals surface area (Å²) < 4.78 is 24.6. The molecule has 1 aromatic rings. The maximum absolute atomic E-state index is 12.3. The van der Waals surface area contributed by atoms with Crippen molar-refractivity contribution in [1.82, 2.24) is 0 Å². The van der Waals surface area contributed by atoms with Gasteiger partial charge in [0.15, 0.2) is 9.84 Å². The molecule has 3 nitrogen and oxygen atoms in total. The van der Waals surface area contributed by atoms with Gasteiger partial charge in [0, 0.05) is 11.1 Å². The molecule has 1 aliphatic rings. The SMILES string of the molecule is NC(CS(=O)(=O)c1cccc(Cl)c1)C1CCCCC1. The highest BCUT2D eigenvalue weighted by Gasteiger charge is 2.26. The van der Waals surface area contributed by atoms with Crippen molar-refractivity contribution in [2.75, 3.05) is 5.75 Å². The lowest BCUT2D eigenvalue weighted by molar-refractivity contribution is 0.317. The molecule has 0 spiro atoms. The van der Waals surface area contributed by atoms with Crippen LogP contribution in [0.15, 0.2) is 29.2 Å². The molecular weight excluding hydrogens is 282 g/mol. The summed E-state index contributed by atoms with van der Waals surface area (Å²) in [6, 6.07) is 6.12. The van der Waals surface area contributed by atoms with Crippen molar-refractivity contribution < 1.29 is 8.42 Å². The molecule has 0 heterocycles. The summed E-state index contributed by atoms with van der Waals surface area (Å²) in [5.74, 6) is 0.348. The van der Waals surface area contributed by atoms with Gasteiger partial charge >= 0.3 is 0 Å². The van der Waals surface area contributed by atoms with Gasteiger partial charge in [0.05, 0.1) is 10.6 Å². The third-order valence-electron chi connectivity index (χ3n) is 3.82. The molecule has 1 atom stereocenters. The predicted molar refractivity (Wildman–Crippen MR) is 78.1 cm³/mol. The van der Waals surface area contributed by atoms with Gasteiger partial charge in [0.25, 0.3) is 0 Å². The van der Waals surface area contributed by atoms with E-state index in [9.17, 15) is 8.42 Å². The van der Waals surface area contributed by atoms with Crippen molar-refractivity contribution in [1.29, 1.82) is 0 Å². The molecule has 1 unspecified atom stereocenters. The van der Waals surface area contributed by atoms with Crippen molar-refractivity contribution in [3.63, 3.8) is 0 Å². The Morgan fingerprint density at radius 1 is 1.26 bits per heavy atom. The zero-order chi connectivity index (χ0) is 13.9. The van der Waals surface area contributed by atoms with Gasteiger partial charge in [-0.25, -0.2) is 8.42 Å². The standard InChI is InChI=1S/C14H20ClNO2S/c15-12-7-4-8-13(9-12)19(17,18)10-14(16)11-5-2-1-3-6-11/h4,7-9,11,14H,1-3,5-6,10,16H2. The van der Waals surface area contributed by atoms with E-state index in [4.69, 9.17) is 17.3 Å². The first kappa shape index (κ1) is 14.8. The molecule has 106 valence electrons. The zero-order valence-corrected chi connectivity index (χ0v) is 12.5. The van der Waals surface area contributed by atoms with E-state index >= 15 is 0 Å². The van der Waals surface area contributed by atoms with E-state index < -0.39 is 9.84 Å². The molecule has 1 fully saturated rings. The highest BCUT2D eigenvalue weighted by molar-refractivity contribution is 7.91. The van der Waals surface area contributed by atoms with E-state index in [1.807, 2.05) is 0 Å². The Morgan fingerprint density at radius 3 is 2.58 bits per heavy atom. The van der Waals surface area contributed by atoms with E-state index in [0.29, 0.717) is 10.9 Å². The van der Waals surface area contributed by atoms with Crippen LogP contribution < -0.4 is 5.73 Å². The van der Waals surface area contributed by atoms with Crippen LogP contribution in [0.2, 0.25) is 5.02 Å². The Hall–Kier alpha value is -0.580. The van der Waals surface area contributed by atoms with Gasteiger partial charge in [0.2, 0.25) is 0 Å². The van der Waals surface area contributed by atoms with Gasteiger partial charge in [-0.3, -0.25) is 0 Å². The number of rotatable bonds is 4. The summed E-state index contributed by atoms with van der Waals surface area (Å²) in [4.78, 5) is 0.270. The molecule has 0 aliphatic heterocycles. The molecule has 19 heavy (non-hydrogen) atoms. The molecule has 0 radical (unpaired) electrons. The summed E-state index contributed by atoms with van der Waals surface area (Å²) in [5.41, 5.74) is 6.10. The summed E-state index contributed by atoms with van der Waals surface area (Å²) in [7, 11) is -3.34. The summed E-state index contributed by atoms with van der Waals surface area (Å²) in [5, 5.41) is 0.437. The minimum absolute atomic E-state index is 0.0119. The molecule has 1 aromatic carbocycles. The summed E-state index contributed by atoms with van der Waals surface area (Å²) in [6.45, 7) is 0. The number of benzene rings is 1. The smallest absolute Gasteiger partial charge is 0.179 e. The van der Waals surface area contributed by atoms with Crippen LogP contribution in [0.3, 0.4) is 0 Å². The third-order valence-corrected chi connectivity index (χ3v) is 5.85. The van der Waals surface area contributed by atoms with Crippen molar-refractivity contribution in [2.24, 2.45) is 11.7 Å². The minimum atomic E-state index is -3.34. The van der Waals surface area contributed by atoms with Gasteiger partial charge in [-0.1, -0.05) is 36.9 Å². The summed E-state index contributed by atoms with van der Waals surface area (Å²) in [6.07, 6.45) is 5.66. The monoisotopic (exact) mass is 301 g/mol. The van der Waals surface area contributed by atoms with Crippen molar-refractivity contribution in [2.45, 2.75) is 43.0 Å². The van der Waals surface area contributed by atoms with Crippen LogP contribution in [0.5, 0.6) is 0 Å². The Labute approximate surface area is 120 Å². The predicted octanol–water partition coefficient (Wildman–Crippen LogP) is 3.02. The fraction of sp³-hybridized carbons (Fsp3) is 0.571. The fourth-order valence-corrected chi connectivity index (χ4v) is 4.53. The van der Waals surface area contributed by atoms with Crippen LogP contribution in [-0.4, -0.2) is 20.2 Å². The molecule has 0 amide bonds. The maximum Gasteiger partial charge on any atom is 0.179 e. The third kappa shape index (κ3) is 3.94. The summed E-state index contributed by atoms with van der Waals surface area (Å²) >= 11 is 5.84. The maximum atomic E-state index is 12.3. The minimum Gasteiger partial charge on any atom is -0.327 e. The highest BCUT2D eigenvalue weighted by atomic mass is 35.5. The normalized spacial score (nSPS) is 19.3. The second-order valence-electron chi connectivity index (χ2n) is 5.30. The van der Waals surface area contributed by atoms with Crippen LogP contribution in [-0.2, 0) is 9.84 Å². The number of nitrogens with two attached hydrogens (primary N) is 1. The lowest BCUT2D eigenvalue weighted by Gasteiger charge is -2.27. The second-order valence-corrected chi connectivity index (χ2v) is 7.77. The lowest BCUT2D eigenvalue weighted by atomic mass is 9.85. The highest BCUT2D eigenvalue weighted by Crippen LogP contribution is 2.27. The van der Waals surface area contributed by atoms with E-state index in [2.05, 4.69) is 0 Å². The first-order valence-corrected chi connectivity index (χ1v) is 8.76. The number of halogens is 1. The first-order valence-electron chi connectivity index (χ1n) is 6.73. The average molecular weight is 302 g/mol. The molecule has 2 rings (SSSR count). The largest absolute Gasteiger partial charge is 0.327 e. The second kappa shape index (κ2) is 6.25. The number of sulfone groups is 1. The Kier molecular flexibility index (Phi) is 4.87. The van der Waals surface area contributed by atoms with Crippen molar-refractivity contribution in [3.8, 4) is 0 Å². The van der Waals surface area contributed by atoms with Crippen LogP contribution in [0.1, 0.15) is 32.1 Å². The average Bonchev–Trinajstić information content (AvgIpc) is 2.39. The van der Waals surface area contributed by atoms with E-state index in [-0.39, 0.29) is 16.7 Å². The molecule has 0 bridgehead atoms. The first-order chi connectivity index (χ1) is 8.99. The van der Waals surface area contributed by atoms with Crippen molar-refractivity contribution in [3.05, 3.63) is 29.3 Å². The van der Waals surface area contributed by atoms with Gasteiger partial charge in [-0.05, 0) is 37.0 Å². The van der Waals surface area contributed by atoms with Crippen LogP contribution >= 0.6 is 11.6 Å². The van der Waals surface area contributed by atoms with Crippen LogP contribution in [0.25, 0.3) is 0 Å². The van der Waals surface area contributed by atoms with Gasteiger partial charge in [-0.15, -0.1) is 0 Å². The van der Waals surface area contributed by atoms with Crippen LogP contribution in [0, 0.1) is 5.92 Å². The van der Waals surface area contributed by atoms with Crippen molar-refractivity contribution >= 4 is 21.4 Å². The molecular formula is C14H20ClNO2S. The zero-order valence-electron chi connectivity index (χ0n) is 10.9. The Morgan fingerprint density at radius 2 is 1.95 bits per heavy atom. The Bertz CT molecular complexity index is 524. The topological polar surface area (TPSA) is 60.2 Å².